The van der Waals surface area contributed by atoms with Gasteiger partial charge in [0, 0.05) is 0 Å². The van der Waals surface area contributed by atoms with Crippen LogP contribution in [0.25, 0.3) is 0 Å². The van der Waals surface area contributed by atoms with E-state index in [2.05, 4.69) is 9.47 Å². The first-order valence-corrected chi connectivity index (χ1v) is 4.30. The van der Waals surface area contributed by atoms with E-state index in [1.165, 1.54) is 0 Å². The molecule has 0 aliphatic heterocycles. The molecule has 1 atom stereocenters. The van der Waals surface area contributed by atoms with E-state index in [0.717, 1.165) is 14.0 Å². The van der Waals surface area contributed by atoms with Crippen LogP contribution in [0.3, 0.4) is 0 Å². The maximum atomic E-state index is 11.8. The van der Waals surface area contributed by atoms with Gasteiger partial charge in [-0.1, -0.05) is 0 Å². The predicted molar refractivity (Wildman–Crippen MR) is 46.6 cm³/mol. The minimum absolute atomic E-state index is 0.525. The van der Waals surface area contributed by atoms with E-state index in [-0.39, 0.29) is 0 Å². The summed E-state index contributed by atoms with van der Waals surface area (Å²) in [5.74, 6) is -4.29. The molecule has 0 radical (unpaired) electrons. The van der Waals surface area contributed by atoms with E-state index >= 15 is 0 Å². The number of ether oxygens (including phenoxy) is 2. The van der Waals surface area contributed by atoms with Crippen LogP contribution in [0.15, 0.2) is 0 Å². The lowest BCUT2D eigenvalue weighted by Gasteiger charge is -2.13. The zero-order chi connectivity index (χ0) is 13.6. The molecule has 0 bridgehead atoms. The minimum atomic E-state index is -5.17. The molecule has 98 valence electrons. The molecule has 0 unspecified atom stereocenters. The Labute approximate surface area is 94.1 Å². The van der Waals surface area contributed by atoms with Gasteiger partial charge in [-0.05, 0) is 6.92 Å². The van der Waals surface area contributed by atoms with Gasteiger partial charge < -0.3 is 14.8 Å². The average Bonchev–Trinajstić information content (AvgIpc) is 2.23. The normalized spacial score (nSPS) is 12.5. The summed E-state index contributed by atoms with van der Waals surface area (Å²) in [5.41, 5.74) is 0. The van der Waals surface area contributed by atoms with Gasteiger partial charge in [0.2, 0.25) is 0 Å². The van der Waals surface area contributed by atoms with Gasteiger partial charge in [0.25, 0.3) is 5.91 Å². The van der Waals surface area contributed by atoms with Crippen molar-refractivity contribution in [3.8, 4) is 0 Å². The Hall–Kier alpha value is -1.80. The summed E-state index contributed by atoms with van der Waals surface area (Å²) in [6.45, 7) is 0.416. The van der Waals surface area contributed by atoms with Gasteiger partial charge >= 0.3 is 18.1 Å². The zero-order valence-electron chi connectivity index (χ0n) is 8.96. The zero-order valence-corrected chi connectivity index (χ0v) is 8.96. The Morgan fingerprint density at radius 2 is 1.82 bits per heavy atom. The second kappa shape index (κ2) is 6.06. The quantitative estimate of drug-likeness (QED) is 0.703. The maximum Gasteiger partial charge on any atom is 0.490 e. The molecule has 9 heteroatoms. The highest BCUT2D eigenvalue weighted by atomic mass is 19.4. The van der Waals surface area contributed by atoms with Gasteiger partial charge in [0.05, 0.1) is 7.11 Å². The summed E-state index contributed by atoms with van der Waals surface area (Å²) in [7, 11) is 1.07. The number of methoxy groups -OCH3 is 1. The van der Waals surface area contributed by atoms with Crippen molar-refractivity contribution in [3.63, 3.8) is 0 Å². The predicted octanol–water partition coefficient (Wildman–Crippen LogP) is -0.230. The van der Waals surface area contributed by atoms with Crippen LogP contribution < -0.4 is 5.32 Å². The fourth-order valence-corrected chi connectivity index (χ4v) is 0.656. The summed E-state index contributed by atoms with van der Waals surface area (Å²) < 4.78 is 43.3. The number of carbonyl (C=O) groups excluding carboxylic acids is 3. The minimum Gasteiger partial charge on any atom is -0.468 e. The summed E-state index contributed by atoms with van der Waals surface area (Å²) in [6, 6.07) is 0. The highest BCUT2D eigenvalue weighted by molar-refractivity contribution is 5.87. The number of halogens is 3. The molecule has 6 nitrogen and oxygen atoms in total. The molecule has 0 saturated heterocycles. The molecule has 0 fully saturated rings. The molecular weight excluding hydrogens is 247 g/mol. The molecule has 0 saturated carbocycles. The van der Waals surface area contributed by atoms with Gasteiger partial charge in [0.15, 0.2) is 6.10 Å². The van der Waals surface area contributed by atoms with Gasteiger partial charge in [-0.2, -0.15) is 13.2 Å². The van der Waals surface area contributed by atoms with E-state index < -0.39 is 36.7 Å². The average molecular weight is 257 g/mol. The first-order chi connectivity index (χ1) is 7.68. The highest BCUT2D eigenvalue weighted by Crippen LogP contribution is 2.17. The van der Waals surface area contributed by atoms with Gasteiger partial charge in [-0.25, -0.2) is 4.79 Å². The number of hydrogen-bond donors (Lipinski definition) is 1. The second-order valence-corrected chi connectivity index (χ2v) is 2.84. The standard InChI is InChI=1S/C8H10F3NO5/c1-4(17-7(15)8(9,10)11)6(14)12-3-5(13)16-2/h4H,3H2,1-2H3,(H,12,14)/t4-/m1/s1. The monoisotopic (exact) mass is 257 g/mol. The van der Waals surface area contributed by atoms with Crippen LogP contribution in [0.2, 0.25) is 0 Å². The van der Waals surface area contributed by atoms with Crippen LogP contribution in [-0.4, -0.2) is 43.8 Å². The lowest BCUT2D eigenvalue weighted by Crippen LogP contribution is -2.41. The lowest BCUT2D eigenvalue weighted by atomic mass is 10.3. The second-order valence-electron chi connectivity index (χ2n) is 2.84. The number of esters is 2. The summed E-state index contributed by atoms with van der Waals surface area (Å²) in [4.78, 5) is 32.0. The Kier molecular flexibility index (Phi) is 5.42. The van der Waals surface area contributed by atoms with Gasteiger partial charge in [0.1, 0.15) is 6.54 Å². The fraction of sp³-hybridized carbons (Fsp3) is 0.625. The van der Waals surface area contributed by atoms with Crippen molar-refractivity contribution in [2.75, 3.05) is 13.7 Å². The van der Waals surface area contributed by atoms with E-state index in [0.29, 0.717) is 0 Å². The van der Waals surface area contributed by atoms with Crippen LogP contribution in [0.1, 0.15) is 6.92 Å². The first-order valence-electron chi connectivity index (χ1n) is 4.30. The third-order valence-corrected chi connectivity index (χ3v) is 1.52. The van der Waals surface area contributed by atoms with Crippen molar-refractivity contribution < 1.29 is 37.0 Å². The molecule has 1 amide bonds. The fourth-order valence-electron chi connectivity index (χ4n) is 0.656. The Balaban J connectivity index is 4.15. The molecule has 17 heavy (non-hydrogen) atoms. The Morgan fingerprint density at radius 3 is 2.24 bits per heavy atom. The first kappa shape index (κ1) is 15.2. The number of amides is 1. The number of alkyl halides is 3. The molecule has 0 aromatic heterocycles. The van der Waals surface area contributed by atoms with Crippen molar-refractivity contribution in [1.82, 2.24) is 5.32 Å². The molecule has 0 aromatic carbocycles. The molecule has 0 aliphatic rings. The molecule has 0 spiro atoms. The number of hydrogen-bond acceptors (Lipinski definition) is 5. The van der Waals surface area contributed by atoms with Crippen LogP contribution >= 0.6 is 0 Å². The maximum absolute atomic E-state index is 11.8. The Bertz CT molecular complexity index is 315. The highest BCUT2D eigenvalue weighted by Gasteiger charge is 2.42. The molecular formula is C8H10F3NO5. The van der Waals surface area contributed by atoms with Crippen LogP contribution in [0, 0.1) is 0 Å². The third-order valence-electron chi connectivity index (χ3n) is 1.52. The van der Waals surface area contributed by atoms with Crippen molar-refractivity contribution >= 4 is 17.8 Å². The van der Waals surface area contributed by atoms with Gasteiger partial charge in [-0.15, -0.1) is 0 Å². The summed E-state index contributed by atoms with van der Waals surface area (Å²) >= 11 is 0. The van der Waals surface area contributed by atoms with Crippen LogP contribution in [0.4, 0.5) is 13.2 Å². The number of carbonyl (C=O) groups is 3. The summed E-state index contributed by atoms with van der Waals surface area (Å²) in [5, 5.41) is 1.93. The lowest BCUT2D eigenvalue weighted by molar-refractivity contribution is -0.204. The van der Waals surface area contributed by atoms with E-state index in [1.54, 1.807) is 0 Å². The van der Waals surface area contributed by atoms with E-state index in [9.17, 15) is 27.6 Å². The topological polar surface area (TPSA) is 81.7 Å². The smallest absolute Gasteiger partial charge is 0.468 e. The van der Waals surface area contributed by atoms with E-state index in [1.807, 2.05) is 5.32 Å². The molecule has 1 N–H and O–H groups in total. The van der Waals surface area contributed by atoms with Crippen molar-refractivity contribution in [2.24, 2.45) is 0 Å². The van der Waals surface area contributed by atoms with Crippen LogP contribution in [-0.2, 0) is 23.9 Å². The van der Waals surface area contributed by atoms with E-state index in [4.69, 9.17) is 0 Å². The SMILES string of the molecule is COC(=O)CNC(=O)[C@@H](C)OC(=O)C(F)(F)F. The Morgan fingerprint density at radius 1 is 1.29 bits per heavy atom. The molecule has 0 aromatic rings. The van der Waals surface area contributed by atoms with Crippen molar-refractivity contribution in [3.05, 3.63) is 0 Å². The van der Waals surface area contributed by atoms with Crippen LogP contribution in [0.5, 0.6) is 0 Å². The van der Waals surface area contributed by atoms with Crippen molar-refractivity contribution in [2.45, 2.75) is 19.2 Å². The molecule has 0 rings (SSSR count). The summed E-state index contributed by atoms with van der Waals surface area (Å²) in [6.07, 6.45) is -6.83. The molecule has 0 aliphatic carbocycles. The number of rotatable bonds is 4. The van der Waals surface area contributed by atoms with Crippen molar-refractivity contribution in [1.29, 1.82) is 0 Å². The number of nitrogens with one attached hydrogen (secondary N) is 1. The largest absolute Gasteiger partial charge is 0.490 e. The van der Waals surface area contributed by atoms with Gasteiger partial charge in [-0.3, -0.25) is 9.59 Å². The third kappa shape index (κ3) is 5.73. The molecule has 0 heterocycles.